The van der Waals surface area contributed by atoms with Crippen molar-refractivity contribution in [1.82, 2.24) is 4.98 Å². The van der Waals surface area contributed by atoms with Crippen LogP contribution in [0.2, 0.25) is 0 Å². The SMILES string of the molecule is CCCNc1ccc(OC)c(OCc2cccnc2)c1. The van der Waals surface area contributed by atoms with Crippen LogP contribution in [0.15, 0.2) is 42.7 Å². The lowest BCUT2D eigenvalue weighted by Crippen LogP contribution is -2.02. The quantitative estimate of drug-likeness (QED) is 0.838. The molecule has 0 aliphatic carbocycles. The van der Waals surface area contributed by atoms with Gasteiger partial charge in [-0.05, 0) is 24.6 Å². The van der Waals surface area contributed by atoms with E-state index >= 15 is 0 Å². The minimum Gasteiger partial charge on any atom is -0.493 e. The predicted molar refractivity (Wildman–Crippen MR) is 80.3 cm³/mol. The first-order valence-electron chi connectivity index (χ1n) is 6.77. The fraction of sp³-hybridized carbons (Fsp3) is 0.312. The fourth-order valence-electron chi connectivity index (χ4n) is 1.81. The van der Waals surface area contributed by atoms with E-state index in [4.69, 9.17) is 9.47 Å². The Morgan fingerprint density at radius 2 is 2.10 bits per heavy atom. The minimum absolute atomic E-state index is 0.474. The number of rotatable bonds is 7. The number of benzene rings is 1. The molecule has 0 fully saturated rings. The van der Waals surface area contributed by atoms with Crippen LogP contribution in [0.25, 0.3) is 0 Å². The Balaban J connectivity index is 2.07. The molecular formula is C16H20N2O2. The van der Waals surface area contributed by atoms with Gasteiger partial charge in [-0.15, -0.1) is 0 Å². The summed E-state index contributed by atoms with van der Waals surface area (Å²) in [6.45, 7) is 3.55. The molecule has 2 aromatic rings. The third-order valence-electron chi connectivity index (χ3n) is 2.86. The molecule has 0 aliphatic heterocycles. The van der Waals surface area contributed by atoms with Crippen LogP contribution in [0.5, 0.6) is 11.5 Å². The van der Waals surface area contributed by atoms with Crippen LogP contribution < -0.4 is 14.8 Å². The van der Waals surface area contributed by atoms with Crippen molar-refractivity contribution in [2.45, 2.75) is 20.0 Å². The van der Waals surface area contributed by atoms with Gasteiger partial charge in [0.2, 0.25) is 0 Å². The summed E-state index contributed by atoms with van der Waals surface area (Å²) in [6.07, 6.45) is 4.63. The smallest absolute Gasteiger partial charge is 0.163 e. The zero-order valence-electron chi connectivity index (χ0n) is 11.9. The Kier molecular flexibility index (Phi) is 5.24. The van der Waals surface area contributed by atoms with Crippen LogP contribution in [0, 0.1) is 0 Å². The maximum Gasteiger partial charge on any atom is 0.163 e. The molecule has 1 aromatic carbocycles. The van der Waals surface area contributed by atoms with Gasteiger partial charge in [0.25, 0.3) is 0 Å². The highest BCUT2D eigenvalue weighted by atomic mass is 16.5. The summed E-state index contributed by atoms with van der Waals surface area (Å²) in [5, 5.41) is 3.34. The highest BCUT2D eigenvalue weighted by molar-refractivity contribution is 5.54. The van der Waals surface area contributed by atoms with E-state index in [1.165, 1.54) is 0 Å². The standard InChI is InChI=1S/C16H20N2O2/c1-3-8-18-14-6-7-15(19-2)16(10-14)20-12-13-5-4-9-17-11-13/h4-7,9-11,18H,3,8,12H2,1-2H3. The monoisotopic (exact) mass is 272 g/mol. The van der Waals surface area contributed by atoms with Crippen LogP contribution in [0.4, 0.5) is 5.69 Å². The number of pyridine rings is 1. The Labute approximate surface area is 119 Å². The summed E-state index contributed by atoms with van der Waals surface area (Å²) >= 11 is 0. The fourth-order valence-corrected chi connectivity index (χ4v) is 1.81. The molecule has 0 atom stereocenters. The highest BCUT2D eigenvalue weighted by Gasteiger charge is 2.06. The lowest BCUT2D eigenvalue weighted by molar-refractivity contribution is 0.284. The second-order valence-corrected chi connectivity index (χ2v) is 4.44. The largest absolute Gasteiger partial charge is 0.493 e. The number of hydrogen-bond acceptors (Lipinski definition) is 4. The van der Waals surface area contributed by atoms with Crippen molar-refractivity contribution in [2.24, 2.45) is 0 Å². The summed E-state index contributed by atoms with van der Waals surface area (Å²) in [5.41, 5.74) is 2.07. The summed E-state index contributed by atoms with van der Waals surface area (Å²) in [4.78, 5) is 4.07. The molecule has 1 aromatic heterocycles. The van der Waals surface area contributed by atoms with E-state index in [9.17, 15) is 0 Å². The van der Waals surface area contributed by atoms with Gasteiger partial charge in [0.1, 0.15) is 6.61 Å². The molecule has 2 rings (SSSR count). The molecule has 0 saturated carbocycles. The maximum atomic E-state index is 5.83. The molecule has 0 bridgehead atoms. The van der Waals surface area contributed by atoms with Crippen LogP contribution in [0.3, 0.4) is 0 Å². The normalized spacial score (nSPS) is 10.1. The van der Waals surface area contributed by atoms with E-state index in [0.29, 0.717) is 6.61 Å². The zero-order chi connectivity index (χ0) is 14.2. The number of ether oxygens (including phenoxy) is 2. The summed E-state index contributed by atoms with van der Waals surface area (Å²) < 4.78 is 11.2. The van der Waals surface area contributed by atoms with Gasteiger partial charge in [-0.2, -0.15) is 0 Å². The molecule has 0 spiro atoms. The van der Waals surface area contributed by atoms with E-state index in [0.717, 1.165) is 35.7 Å². The van der Waals surface area contributed by atoms with Crippen molar-refractivity contribution in [3.63, 3.8) is 0 Å². The second kappa shape index (κ2) is 7.38. The van der Waals surface area contributed by atoms with Crippen molar-refractivity contribution >= 4 is 5.69 Å². The first-order chi connectivity index (χ1) is 9.83. The first kappa shape index (κ1) is 14.2. The average molecular weight is 272 g/mol. The highest BCUT2D eigenvalue weighted by Crippen LogP contribution is 2.30. The molecule has 4 heteroatoms. The van der Waals surface area contributed by atoms with Crippen LogP contribution in [0.1, 0.15) is 18.9 Å². The number of aromatic nitrogens is 1. The number of methoxy groups -OCH3 is 1. The van der Waals surface area contributed by atoms with Crippen molar-refractivity contribution in [2.75, 3.05) is 19.0 Å². The lowest BCUT2D eigenvalue weighted by atomic mass is 10.2. The van der Waals surface area contributed by atoms with E-state index in [-0.39, 0.29) is 0 Å². The van der Waals surface area contributed by atoms with Crippen LogP contribution in [-0.4, -0.2) is 18.6 Å². The number of anilines is 1. The van der Waals surface area contributed by atoms with Gasteiger partial charge in [-0.1, -0.05) is 13.0 Å². The summed E-state index contributed by atoms with van der Waals surface area (Å²) in [6, 6.07) is 9.75. The predicted octanol–water partition coefficient (Wildman–Crippen LogP) is 3.49. The third-order valence-corrected chi connectivity index (χ3v) is 2.86. The molecule has 0 aliphatic rings. The molecule has 1 N–H and O–H groups in total. The van der Waals surface area contributed by atoms with Gasteiger partial charge in [-0.25, -0.2) is 0 Å². The number of nitrogens with zero attached hydrogens (tertiary/aromatic N) is 1. The van der Waals surface area contributed by atoms with Gasteiger partial charge in [0.15, 0.2) is 11.5 Å². The average Bonchev–Trinajstić information content (AvgIpc) is 2.52. The number of nitrogens with one attached hydrogen (secondary N) is 1. The van der Waals surface area contributed by atoms with Crippen molar-refractivity contribution in [3.05, 3.63) is 48.3 Å². The van der Waals surface area contributed by atoms with E-state index in [1.54, 1.807) is 19.5 Å². The van der Waals surface area contributed by atoms with Crippen LogP contribution in [-0.2, 0) is 6.61 Å². The van der Waals surface area contributed by atoms with Gasteiger partial charge in [-0.3, -0.25) is 4.98 Å². The molecule has 0 amide bonds. The summed E-state index contributed by atoms with van der Waals surface area (Å²) in [5.74, 6) is 1.47. The molecule has 0 radical (unpaired) electrons. The van der Waals surface area contributed by atoms with E-state index < -0.39 is 0 Å². The Bertz CT molecular complexity index is 529. The molecule has 0 unspecified atom stereocenters. The van der Waals surface area contributed by atoms with Gasteiger partial charge < -0.3 is 14.8 Å². The van der Waals surface area contributed by atoms with Gasteiger partial charge in [0, 0.05) is 36.3 Å². The van der Waals surface area contributed by atoms with E-state index in [2.05, 4.69) is 17.2 Å². The van der Waals surface area contributed by atoms with Gasteiger partial charge >= 0.3 is 0 Å². The zero-order valence-corrected chi connectivity index (χ0v) is 11.9. The Hall–Kier alpha value is -2.23. The van der Waals surface area contributed by atoms with Crippen molar-refractivity contribution in [3.8, 4) is 11.5 Å². The minimum atomic E-state index is 0.474. The van der Waals surface area contributed by atoms with Crippen LogP contribution >= 0.6 is 0 Å². The molecule has 106 valence electrons. The Morgan fingerprint density at radius 3 is 2.80 bits per heavy atom. The first-order valence-corrected chi connectivity index (χ1v) is 6.77. The second-order valence-electron chi connectivity index (χ2n) is 4.44. The molecule has 1 heterocycles. The number of hydrogen-bond donors (Lipinski definition) is 1. The van der Waals surface area contributed by atoms with Gasteiger partial charge in [0.05, 0.1) is 7.11 Å². The van der Waals surface area contributed by atoms with Crippen molar-refractivity contribution < 1.29 is 9.47 Å². The third kappa shape index (κ3) is 3.88. The Morgan fingerprint density at radius 1 is 1.20 bits per heavy atom. The van der Waals surface area contributed by atoms with E-state index in [1.807, 2.05) is 30.3 Å². The molecular weight excluding hydrogens is 252 g/mol. The summed E-state index contributed by atoms with van der Waals surface area (Å²) in [7, 11) is 1.64. The topological polar surface area (TPSA) is 43.4 Å². The molecule has 0 saturated heterocycles. The lowest BCUT2D eigenvalue weighted by Gasteiger charge is -2.13. The molecule has 20 heavy (non-hydrogen) atoms. The van der Waals surface area contributed by atoms with Crippen molar-refractivity contribution in [1.29, 1.82) is 0 Å². The molecule has 4 nitrogen and oxygen atoms in total. The maximum absolute atomic E-state index is 5.83.